The van der Waals surface area contributed by atoms with Gasteiger partial charge >= 0.3 is 5.97 Å². The maximum absolute atomic E-state index is 12.0. The van der Waals surface area contributed by atoms with Gasteiger partial charge in [-0.25, -0.2) is 4.79 Å². The Morgan fingerprint density at radius 1 is 1.24 bits per heavy atom. The normalized spacial score (nSPS) is 14.2. The molecule has 0 saturated heterocycles. The van der Waals surface area contributed by atoms with Crippen molar-refractivity contribution in [3.63, 3.8) is 0 Å². The molecule has 0 fully saturated rings. The number of aryl methyl sites for hydroxylation is 1. The first-order chi connectivity index (χ1) is 8.15. The van der Waals surface area contributed by atoms with Crippen LogP contribution in [-0.2, 0) is 20.7 Å². The molecule has 1 aliphatic rings. The maximum atomic E-state index is 12.0. The zero-order valence-corrected chi connectivity index (χ0v) is 9.36. The third-order valence-corrected chi connectivity index (χ3v) is 2.83. The number of methoxy groups -OCH3 is 1. The number of fused-ring (bicyclic) bond motifs is 1. The molecule has 0 spiro atoms. The molecule has 4 nitrogen and oxygen atoms in total. The average molecular weight is 231 g/mol. The molecule has 0 N–H and O–H groups in total. The molecule has 0 radical (unpaired) electrons. The third kappa shape index (κ3) is 1.93. The van der Waals surface area contributed by atoms with Crippen molar-refractivity contribution in [2.45, 2.75) is 12.8 Å². The Morgan fingerprint density at radius 2 is 1.94 bits per heavy atom. The number of rotatable bonds is 2. The lowest BCUT2D eigenvalue weighted by Crippen LogP contribution is -2.25. The first-order valence-corrected chi connectivity index (χ1v) is 5.26. The standard InChI is InChI=1S/C13H12O4/c1-17-13(16)12(15)10-7-6-8-4-2-3-5-9(8)11(10)14/h2-5,14H,6-7H2,1H3/p-1. The highest BCUT2D eigenvalue weighted by atomic mass is 16.5. The number of esters is 1. The van der Waals surface area contributed by atoms with Crippen molar-refractivity contribution in [2.24, 2.45) is 0 Å². The van der Waals surface area contributed by atoms with E-state index in [1.807, 2.05) is 12.1 Å². The first kappa shape index (κ1) is 11.4. The van der Waals surface area contributed by atoms with Crippen LogP contribution >= 0.6 is 0 Å². The summed E-state index contributed by atoms with van der Waals surface area (Å²) in [5.41, 5.74) is 1.44. The fourth-order valence-corrected chi connectivity index (χ4v) is 1.93. The Kier molecular flexibility index (Phi) is 2.95. The lowest BCUT2D eigenvalue weighted by molar-refractivity contribution is -0.245. The van der Waals surface area contributed by atoms with Crippen LogP contribution in [0.3, 0.4) is 0 Å². The zero-order valence-electron chi connectivity index (χ0n) is 9.36. The van der Waals surface area contributed by atoms with Crippen molar-refractivity contribution in [2.75, 3.05) is 7.11 Å². The predicted octanol–water partition coefficient (Wildman–Crippen LogP) is 0.446. The van der Waals surface area contributed by atoms with Crippen LogP contribution in [0.25, 0.3) is 5.76 Å². The highest BCUT2D eigenvalue weighted by Crippen LogP contribution is 2.28. The summed E-state index contributed by atoms with van der Waals surface area (Å²) >= 11 is 0. The first-order valence-electron chi connectivity index (χ1n) is 5.26. The van der Waals surface area contributed by atoms with Crippen LogP contribution in [0.2, 0.25) is 0 Å². The maximum Gasteiger partial charge on any atom is 0.379 e. The summed E-state index contributed by atoms with van der Waals surface area (Å²) in [6.45, 7) is 0. The number of ether oxygens (including phenoxy) is 1. The van der Waals surface area contributed by atoms with Gasteiger partial charge in [-0.05, 0) is 24.0 Å². The number of benzene rings is 1. The van der Waals surface area contributed by atoms with Crippen molar-refractivity contribution < 1.29 is 19.4 Å². The number of hydrogen-bond donors (Lipinski definition) is 0. The van der Waals surface area contributed by atoms with Crippen LogP contribution < -0.4 is 5.11 Å². The monoisotopic (exact) mass is 231 g/mol. The minimum Gasteiger partial charge on any atom is -0.872 e. The van der Waals surface area contributed by atoms with Crippen LogP contribution in [0.1, 0.15) is 17.5 Å². The van der Waals surface area contributed by atoms with E-state index in [0.717, 1.165) is 12.7 Å². The van der Waals surface area contributed by atoms with Gasteiger partial charge in [-0.3, -0.25) is 4.79 Å². The molecule has 1 aromatic carbocycles. The Bertz CT molecular complexity index is 514. The Hall–Kier alpha value is -2.10. The molecule has 0 heterocycles. The summed E-state index contributed by atoms with van der Waals surface area (Å²) in [5, 5.41) is 12.0. The number of ketones is 1. The van der Waals surface area contributed by atoms with Gasteiger partial charge in [0.05, 0.1) is 7.11 Å². The molecule has 0 aromatic heterocycles. The smallest absolute Gasteiger partial charge is 0.379 e. The lowest BCUT2D eigenvalue weighted by atomic mass is 9.89. The van der Waals surface area contributed by atoms with Gasteiger partial charge in [0.15, 0.2) is 0 Å². The summed E-state index contributed by atoms with van der Waals surface area (Å²) in [4.78, 5) is 22.7. The van der Waals surface area contributed by atoms with E-state index in [1.54, 1.807) is 12.1 Å². The van der Waals surface area contributed by atoms with E-state index in [1.165, 1.54) is 0 Å². The molecule has 0 amide bonds. The van der Waals surface area contributed by atoms with Crippen molar-refractivity contribution in [3.05, 3.63) is 41.0 Å². The second-order valence-corrected chi connectivity index (χ2v) is 3.79. The average Bonchev–Trinajstić information content (AvgIpc) is 2.38. The molecular formula is C13H11O4-. The summed E-state index contributed by atoms with van der Waals surface area (Å²) in [5.74, 6) is -2.16. The zero-order chi connectivity index (χ0) is 12.4. The third-order valence-electron chi connectivity index (χ3n) is 2.83. The molecule has 0 saturated carbocycles. The summed E-state index contributed by atoms with van der Waals surface area (Å²) in [6, 6.07) is 7.11. The highest BCUT2D eigenvalue weighted by molar-refractivity contribution is 6.41. The number of carbonyl (C=O) groups excluding carboxylic acids is 2. The predicted molar refractivity (Wildman–Crippen MR) is 58.7 cm³/mol. The molecule has 0 unspecified atom stereocenters. The molecule has 0 atom stereocenters. The minimum absolute atomic E-state index is 0.0237. The molecule has 1 aliphatic carbocycles. The van der Waals surface area contributed by atoms with Crippen LogP contribution in [0.5, 0.6) is 0 Å². The van der Waals surface area contributed by atoms with Crippen LogP contribution in [0.4, 0.5) is 0 Å². The van der Waals surface area contributed by atoms with Crippen LogP contribution in [0, 0.1) is 0 Å². The van der Waals surface area contributed by atoms with Crippen LogP contribution in [-0.4, -0.2) is 18.9 Å². The van der Waals surface area contributed by atoms with Gasteiger partial charge in [0.2, 0.25) is 0 Å². The van der Waals surface area contributed by atoms with Gasteiger partial charge in [-0.15, -0.1) is 0 Å². The van der Waals surface area contributed by atoms with Gasteiger partial charge in [-0.1, -0.05) is 30.0 Å². The summed E-state index contributed by atoms with van der Waals surface area (Å²) in [7, 11) is 1.13. The van der Waals surface area contributed by atoms with E-state index >= 15 is 0 Å². The fraction of sp³-hybridized carbons (Fsp3) is 0.231. The van der Waals surface area contributed by atoms with Gasteiger partial charge in [-0.2, -0.15) is 0 Å². The quantitative estimate of drug-likeness (QED) is 0.547. The van der Waals surface area contributed by atoms with Crippen molar-refractivity contribution >= 4 is 17.5 Å². The van der Waals surface area contributed by atoms with Gasteiger partial charge < -0.3 is 9.84 Å². The second-order valence-electron chi connectivity index (χ2n) is 3.79. The largest absolute Gasteiger partial charge is 0.872 e. The molecule has 4 heteroatoms. The van der Waals surface area contributed by atoms with Gasteiger partial charge in [0, 0.05) is 5.57 Å². The van der Waals surface area contributed by atoms with E-state index in [-0.39, 0.29) is 11.3 Å². The van der Waals surface area contributed by atoms with Crippen molar-refractivity contribution in [1.29, 1.82) is 0 Å². The van der Waals surface area contributed by atoms with Crippen molar-refractivity contribution in [3.8, 4) is 0 Å². The van der Waals surface area contributed by atoms with Gasteiger partial charge in [0.25, 0.3) is 5.78 Å². The summed E-state index contributed by atoms with van der Waals surface area (Å²) < 4.78 is 4.34. The lowest BCUT2D eigenvalue weighted by Gasteiger charge is -2.25. The van der Waals surface area contributed by atoms with E-state index in [2.05, 4.69) is 4.74 Å². The number of carbonyl (C=O) groups is 2. The number of Topliss-reactive ketones (excluding diaryl/α,β-unsaturated/α-hetero) is 1. The minimum atomic E-state index is -0.979. The number of hydrogen-bond acceptors (Lipinski definition) is 4. The van der Waals surface area contributed by atoms with E-state index in [9.17, 15) is 14.7 Å². The molecular weight excluding hydrogens is 220 g/mol. The van der Waals surface area contributed by atoms with Gasteiger partial charge in [0.1, 0.15) is 0 Å². The SMILES string of the molecule is COC(=O)C(=O)C1=C([O-])c2ccccc2CC1. The summed E-state index contributed by atoms with van der Waals surface area (Å²) in [6.07, 6.45) is 0.893. The highest BCUT2D eigenvalue weighted by Gasteiger charge is 2.23. The second kappa shape index (κ2) is 4.41. The molecule has 0 aliphatic heterocycles. The Balaban J connectivity index is 2.44. The topological polar surface area (TPSA) is 66.4 Å². The Labute approximate surface area is 98.5 Å². The van der Waals surface area contributed by atoms with E-state index in [4.69, 9.17) is 0 Å². The van der Waals surface area contributed by atoms with E-state index in [0.29, 0.717) is 18.4 Å². The molecule has 88 valence electrons. The molecule has 1 aromatic rings. The van der Waals surface area contributed by atoms with Crippen molar-refractivity contribution in [1.82, 2.24) is 0 Å². The molecule has 0 bridgehead atoms. The Morgan fingerprint density at radius 3 is 2.65 bits per heavy atom. The van der Waals surface area contributed by atoms with E-state index < -0.39 is 11.8 Å². The fourth-order valence-electron chi connectivity index (χ4n) is 1.93. The molecule has 17 heavy (non-hydrogen) atoms. The van der Waals surface area contributed by atoms with Crippen LogP contribution in [0.15, 0.2) is 29.8 Å². The molecule has 2 rings (SSSR count).